The fraction of sp³-hybridized carbons (Fsp3) is 0.455. The molecule has 1 rings (SSSR count). The van der Waals surface area contributed by atoms with Crippen LogP contribution in [0, 0.1) is 15.5 Å². The minimum atomic E-state index is -1.12. The summed E-state index contributed by atoms with van der Waals surface area (Å²) in [6, 6.07) is 1.85. The van der Waals surface area contributed by atoms with Crippen molar-refractivity contribution in [1.29, 1.82) is 0 Å². The highest BCUT2D eigenvalue weighted by molar-refractivity contribution is 5.54. The number of nitro benzene ring substituents is 1. The average molecular weight is 241 g/mol. The lowest BCUT2D eigenvalue weighted by Crippen LogP contribution is -2.18. The van der Waals surface area contributed by atoms with Crippen LogP contribution in [0.3, 0.4) is 0 Å². The Morgan fingerprint density at radius 2 is 1.71 bits per heavy atom. The predicted octanol–water partition coefficient (Wildman–Crippen LogP) is 2.09. The molecule has 0 fully saturated rings. The Morgan fingerprint density at radius 3 is 2.12 bits per heavy atom. The second kappa shape index (κ2) is 4.21. The maximum atomic E-state index is 10.8. The topological polar surface area (TPSA) is 104 Å². The molecule has 0 bridgehead atoms. The number of nitro groups is 1. The summed E-state index contributed by atoms with van der Waals surface area (Å²) in [6.45, 7) is 5.14. The SMILES string of the molecule is CC(C)(C)C(O)c1cc(O)c(O)cc1[N+](=O)[O-]. The van der Waals surface area contributed by atoms with Gasteiger partial charge in [0.2, 0.25) is 0 Å². The molecule has 6 heteroatoms. The number of aromatic hydroxyl groups is 2. The normalized spacial score (nSPS) is 13.4. The molecule has 1 aromatic rings. The van der Waals surface area contributed by atoms with Crippen LogP contribution < -0.4 is 0 Å². The van der Waals surface area contributed by atoms with Gasteiger partial charge in [-0.1, -0.05) is 20.8 Å². The van der Waals surface area contributed by atoms with E-state index in [9.17, 15) is 25.4 Å². The van der Waals surface area contributed by atoms with E-state index in [0.29, 0.717) is 0 Å². The van der Waals surface area contributed by atoms with Crippen LogP contribution in [0.4, 0.5) is 5.69 Å². The summed E-state index contributed by atoms with van der Waals surface area (Å²) in [6.07, 6.45) is -1.12. The lowest BCUT2D eigenvalue weighted by atomic mass is 9.84. The van der Waals surface area contributed by atoms with E-state index in [0.717, 1.165) is 12.1 Å². The molecule has 0 saturated carbocycles. The Bertz CT molecular complexity index is 450. The predicted molar refractivity (Wildman–Crippen MR) is 60.8 cm³/mol. The van der Waals surface area contributed by atoms with Gasteiger partial charge in [-0.3, -0.25) is 10.1 Å². The Morgan fingerprint density at radius 1 is 1.24 bits per heavy atom. The lowest BCUT2D eigenvalue weighted by Gasteiger charge is -2.25. The van der Waals surface area contributed by atoms with Gasteiger partial charge in [0.15, 0.2) is 11.5 Å². The molecule has 6 nitrogen and oxygen atoms in total. The molecule has 0 radical (unpaired) electrons. The number of hydrogen-bond donors (Lipinski definition) is 3. The van der Waals surface area contributed by atoms with Gasteiger partial charge in [-0.2, -0.15) is 0 Å². The van der Waals surface area contributed by atoms with Crippen molar-refractivity contribution in [3.05, 3.63) is 27.8 Å². The fourth-order valence-corrected chi connectivity index (χ4v) is 1.43. The first kappa shape index (κ1) is 13.2. The van der Waals surface area contributed by atoms with Gasteiger partial charge < -0.3 is 15.3 Å². The van der Waals surface area contributed by atoms with Crippen LogP contribution in [0.15, 0.2) is 12.1 Å². The van der Waals surface area contributed by atoms with Crippen molar-refractivity contribution >= 4 is 5.69 Å². The second-order valence-electron chi connectivity index (χ2n) is 4.93. The van der Waals surface area contributed by atoms with Gasteiger partial charge >= 0.3 is 0 Å². The Kier molecular flexibility index (Phi) is 3.28. The standard InChI is InChI=1S/C11H15NO5/c1-11(2,3)10(15)6-4-8(13)9(14)5-7(6)12(16)17/h4-5,10,13-15H,1-3H3. The number of nitrogens with zero attached hydrogens (tertiary/aromatic N) is 1. The smallest absolute Gasteiger partial charge is 0.279 e. The van der Waals surface area contributed by atoms with E-state index in [1.807, 2.05) is 0 Å². The second-order valence-corrected chi connectivity index (χ2v) is 4.93. The van der Waals surface area contributed by atoms with Gasteiger partial charge in [0.25, 0.3) is 5.69 Å². The molecule has 17 heavy (non-hydrogen) atoms. The molecule has 0 aliphatic carbocycles. The highest BCUT2D eigenvalue weighted by Crippen LogP contribution is 2.41. The number of hydrogen-bond acceptors (Lipinski definition) is 5. The van der Waals surface area contributed by atoms with Crippen molar-refractivity contribution in [2.24, 2.45) is 5.41 Å². The van der Waals surface area contributed by atoms with Crippen LogP contribution in [0.1, 0.15) is 32.4 Å². The molecule has 0 saturated heterocycles. The first-order chi connectivity index (χ1) is 7.64. The van der Waals surface area contributed by atoms with E-state index in [2.05, 4.69) is 0 Å². The molecule has 1 unspecified atom stereocenters. The van der Waals surface area contributed by atoms with Gasteiger partial charge in [0, 0.05) is 0 Å². The Labute approximate surface area is 98.3 Å². The summed E-state index contributed by atoms with van der Waals surface area (Å²) in [5.74, 6) is -1.07. The first-order valence-electron chi connectivity index (χ1n) is 5.03. The Balaban J connectivity index is 3.41. The maximum Gasteiger partial charge on any atom is 0.279 e. The average Bonchev–Trinajstić information content (AvgIpc) is 2.18. The molecule has 0 amide bonds. The molecular formula is C11H15NO5. The molecule has 0 aliphatic rings. The maximum absolute atomic E-state index is 10.8. The third kappa shape index (κ3) is 2.65. The molecule has 1 aromatic carbocycles. The van der Waals surface area contributed by atoms with E-state index in [4.69, 9.17) is 0 Å². The summed E-state index contributed by atoms with van der Waals surface area (Å²) < 4.78 is 0. The summed E-state index contributed by atoms with van der Waals surface area (Å²) in [4.78, 5) is 10.1. The van der Waals surface area contributed by atoms with Crippen LogP contribution in [0.5, 0.6) is 11.5 Å². The van der Waals surface area contributed by atoms with E-state index in [-0.39, 0.29) is 5.56 Å². The lowest BCUT2D eigenvalue weighted by molar-refractivity contribution is -0.386. The van der Waals surface area contributed by atoms with Gasteiger partial charge in [0.05, 0.1) is 22.7 Å². The van der Waals surface area contributed by atoms with Crippen LogP contribution >= 0.6 is 0 Å². The minimum absolute atomic E-state index is 0.0159. The number of aliphatic hydroxyl groups excluding tert-OH is 1. The van der Waals surface area contributed by atoms with Crippen LogP contribution in [0.2, 0.25) is 0 Å². The van der Waals surface area contributed by atoms with Gasteiger partial charge in [-0.25, -0.2) is 0 Å². The zero-order chi connectivity index (χ0) is 13.4. The summed E-state index contributed by atoms with van der Waals surface area (Å²) in [7, 11) is 0. The third-order valence-electron chi connectivity index (χ3n) is 2.44. The molecule has 1 atom stereocenters. The molecule has 3 N–H and O–H groups in total. The first-order valence-corrected chi connectivity index (χ1v) is 5.03. The zero-order valence-electron chi connectivity index (χ0n) is 9.84. The van der Waals surface area contributed by atoms with Crippen molar-refractivity contribution in [3.63, 3.8) is 0 Å². The quantitative estimate of drug-likeness (QED) is 0.418. The summed E-state index contributed by atoms with van der Waals surface area (Å²) >= 11 is 0. The molecule has 0 spiro atoms. The highest BCUT2D eigenvalue weighted by atomic mass is 16.6. The largest absolute Gasteiger partial charge is 0.504 e. The van der Waals surface area contributed by atoms with Gasteiger partial charge in [-0.15, -0.1) is 0 Å². The Hall–Kier alpha value is -1.82. The molecule has 0 aromatic heterocycles. The van der Waals surface area contributed by atoms with Gasteiger partial charge in [-0.05, 0) is 11.5 Å². The number of rotatable bonds is 2. The summed E-state index contributed by atoms with van der Waals surface area (Å²) in [5, 5.41) is 39.4. The van der Waals surface area contributed by atoms with E-state index in [1.165, 1.54) is 0 Å². The van der Waals surface area contributed by atoms with Crippen LogP contribution in [-0.2, 0) is 0 Å². The number of aliphatic hydroxyl groups is 1. The zero-order valence-corrected chi connectivity index (χ0v) is 9.84. The van der Waals surface area contributed by atoms with Gasteiger partial charge in [0.1, 0.15) is 0 Å². The minimum Gasteiger partial charge on any atom is -0.504 e. The monoisotopic (exact) mass is 241 g/mol. The van der Waals surface area contributed by atoms with Crippen molar-refractivity contribution in [1.82, 2.24) is 0 Å². The third-order valence-corrected chi connectivity index (χ3v) is 2.44. The van der Waals surface area contributed by atoms with Crippen molar-refractivity contribution in [2.45, 2.75) is 26.9 Å². The van der Waals surface area contributed by atoms with Crippen molar-refractivity contribution in [3.8, 4) is 11.5 Å². The number of benzene rings is 1. The van der Waals surface area contributed by atoms with Crippen LogP contribution in [0.25, 0.3) is 0 Å². The molecule has 0 heterocycles. The summed E-state index contributed by atoms with van der Waals surface area (Å²) in [5.41, 5.74) is -1.05. The molecule has 94 valence electrons. The number of phenolic OH excluding ortho intramolecular Hbond substituents is 2. The highest BCUT2D eigenvalue weighted by Gasteiger charge is 2.31. The molecule has 0 aliphatic heterocycles. The van der Waals surface area contributed by atoms with Crippen LogP contribution in [-0.4, -0.2) is 20.2 Å². The number of phenols is 2. The van der Waals surface area contributed by atoms with Crippen molar-refractivity contribution < 1.29 is 20.2 Å². The van der Waals surface area contributed by atoms with E-state index < -0.39 is 33.6 Å². The van der Waals surface area contributed by atoms with Crippen molar-refractivity contribution in [2.75, 3.05) is 0 Å². The fourth-order valence-electron chi connectivity index (χ4n) is 1.43. The molecular weight excluding hydrogens is 226 g/mol. The van der Waals surface area contributed by atoms with E-state index >= 15 is 0 Å². The van der Waals surface area contributed by atoms with E-state index in [1.54, 1.807) is 20.8 Å².